The second-order valence-corrected chi connectivity index (χ2v) is 4.95. The predicted molar refractivity (Wildman–Crippen MR) is 68.4 cm³/mol. The molecule has 0 aliphatic heterocycles. The predicted octanol–water partition coefficient (Wildman–Crippen LogP) is 3.79. The Kier molecular flexibility index (Phi) is 3.75. The fourth-order valence-electron chi connectivity index (χ4n) is 1.64. The van der Waals surface area contributed by atoms with E-state index in [2.05, 4.69) is 42.6 Å². The van der Waals surface area contributed by atoms with Gasteiger partial charge in [-0.2, -0.15) is 0 Å². The van der Waals surface area contributed by atoms with Gasteiger partial charge in [0.15, 0.2) is 0 Å². The second kappa shape index (κ2) is 5.29. The first-order valence-electron chi connectivity index (χ1n) is 5.58. The Labute approximate surface area is 95.1 Å². The van der Waals surface area contributed by atoms with Gasteiger partial charge in [0.25, 0.3) is 0 Å². The molecule has 0 atom stereocenters. The highest BCUT2D eigenvalue weighted by molar-refractivity contribution is 7.19. The van der Waals surface area contributed by atoms with Crippen LogP contribution in [0.1, 0.15) is 24.6 Å². The Bertz CT molecular complexity index is 386. The van der Waals surface area contributed by atoms with Crippen LogP contribution in [0, 0.1) is 0 Å². The lowest BCUT2D eigenvalue weighted by molar-refractivity contribution is 0.646. The zero-order valence-electron chi connectivity index (χ0n) is 9.12. The van der Waals surface area contributed by atoms with Crippen LogP contribution in [0.2, 0.25) is 0 Å². The smallest absolute Gasteiger partial charge is 0.0346 e. The van der Waals surface area contributed by atoms with E-state index in [-0.39, 0.29) is 0 Å². The summed E-state index contributed by atoms with van der Waals surface area (Å²) in [5.41, 5.74) is 0. The quantitative estimate of drug-likeness (QED) is 0.754. The van der Waals surface area contributed by atoms with Crippen molar-refractivity contribution >= 4 is 21.4 Å². The molecule has 80 valence electrons. The molecule has 1 N–H and O–H groups in total. The summed E-state index contributed by atoms with van der Waals surface area (Å²) in [4.78, 5) is 1.44. The minimum absolute atomic E-state index is 1.01. The van der Waals surface area contributed by atoms with E-state index >= 15 is 0 Å². The normalized spacial score (nSPS) is 11.0. The van der Waals surface area contributed by atoms with Gasteiger partial charge in [-0.05, 0) is 30.5 Å². The third-order valence-electron chi connectivity index (χ3n) is 2.48. The Morgan fingerprint density at radius 1 is 1.27 bits per heavy atom. The zero-order chi connectivity index (χ0) is 10.5. The Morgan fingerprint density at radius 2 is 2.13 bits per heavy atom. The number of hydrogen-bond donors (Lipinski definition) is 1. The van der Waals surface area contributed by atoms with Gasteiger partial charge in [-0.15, -0.1) is 11.3 Å². The maximum atomic E-state index is 3.47. The summed E-state index contributed by atoms with van der Waals surface area (Å²) in [5.74, 6) is 0. The van der Waals surface area contributed by atoms with Gasteiger partial charge in [0.2, 0.25) is 0 Å². The van der Waals surface area contributed by atoms with Gasteiger partial charge in [-0.1, -0.05) is 31.5 Å². The van der Waals surface area contributed by atoms with Crippen molar-refractivity contribution in [1.29, 1.82) is 0 Å². The molecule has 15 heavy (non-hydrogen) atoms. The monoisotopic (exact) mass is 219 g/mol. The molecule has 1 aromatic carbocycles. The van der Waals surface area contributed by atoms with Gasteiger partial charge < -0.3 is 5.32 Å². The van der Waals surface area contributed by atoms with Gasteiger partial charge in [0.1, 0.15) is 0 Å². The average molecular weight is 219 g/mol. The molecule has 1 aromatic heterocycles. The summed E-state index contributed by atoms with van der Waals surface area (Å²) in [6.45, 7) is 4.37. The van der Waals surface area contributed by atoms with E-state index in [4.69, 9.17) is 0 Å². The van der Waals surface area contributed by atoms with E-state index in [1.54, 1.807) is 0 Å². The van der Waals surface area contributed by atoms with Crippen molar-refractivity contribution in [3.05, 3.63) is 35.2 Å². The second-order valence-electron chi connectivity index (χ2n) is 3.78. The van der Waals surface area contributed by atoms with Crippen molar-refractivity contribution in [2.75, 3.05) is 6.54 Å². The molecule has 0 spiro atoms. The lowest BCUT2D eigenvalue weighted by atomic mass is 10.2. The van der Waals surface area contributed by atoms with Gasteiger partial charge >= 0.3 is 0 Å². The summed E-state index contributed by atoms with van der Waals surface area (Å²) < 4.78 is 1.39. The van der Waals surface area contributed by atoms with Crippen molar-refractivity contribution in [3.8, 4) is 0 Å². The third kappa shape index (κ3) is 2.80. The SMILES string of the molecule is CCCCNCc1cc2ccccc2s1. The van der Waals surface area contributed by atoms with E-state index in [1.165, 1.54) is 27.8 Å². The van der Waals surface area contributed by atoms with E-state index in [9.17, 15) is 0 Å². The van der Waals surface area contributed by atoms with Gasteiger partial charge in [0, 0.05) is 16.1 Å². The molecule has 0 amide bonds. The van der Waals surface area contributed by atoms with Crippen LogP contribution in [0.3, 0.4) is 0 Å². The van der Waals surface area contributed by atoms with Crippen LogP contribution in [0.5, 0.6) is 0 Å². The molecule has 2 heteroatoms. The summed E-state index contributed by atoms with van der Waals surface area (Å²) in [5, 5.41) is 4.84. The molecular weight excluding hydrogens is 202 g/mol. The van der Waals surface area contributed by atoms with Gasteiger partial charge in [-0.25, -0.2) is 0 Å². The van der Waals surface area contributed by atoms with E-state index in [1.807, 2.05) is 11.3 Å². The molecule has 0 unspecified atom stereocenters. The van der Waals surface area contributed by atoms with Crippen molar-refractivity contribution in [2.45, 2.75) is 26.3 Å². The fraction of sp³-hybridized carbons (Fsp3) is 0.385. The van der Waals surface area contributed by atoms with Crippen LogP contribution >= 0.6 is 11.3 Å². The molecule has 0 fully saturated rings. The minimum atomic E-state index is 1.01. The van der Waals surface area contributed by atoms with Crippen LogP contribution in [0.15, 0.2) is 30.3 Å². The van der Waals surface area contributed by atoms with Gasteiger partial charge in [0.05, 0.1) is 0 Å². The molecule has 1 heterocycles. The maximum absolute atomic E-state index is 3.47. The van der Waals surface area contributed by atoms with Crippen LogP contribution in [0.4, 0.5) is 0 Å². The van der Waals surface area contributed by atoms with Crippen LogP contribution in [0.25, 0.3) is 10.1 Å². The van der Waals surface area contributed by atoms with Crippen molar-refractivity contribution in [1.82, 2.24) is 5.32 Å². The number of rotatable bonds is 5. The molecule has 0 saturated heterocycles. The van der Waals surface area contributed by atoms with Crippen LogP contribution in [-0.2, 0) is 6.54 Å². The number of thiophene rings is 1. The van der Waals surface area contributed by atoms with Crippen molar-refractivity contribution in [2.24, 2.45) is 0 Å². The average Bonchev–Trinajstić information content (AvgIpc) is 2.67. The largest absolute Gasteiger partial charge is 0.312 e. The zero-order valence-corrected chi connectivity index (χ0v) is 9.94. The highest BCUT2D eigenvalue weighted by Gasteiger charge is 1.99. The summed E-state index contributed by atoms with van der Waals surface area (Å²) in [6.07, 6.45) is 2.53. The van der Waals surface area contributed by atoms with E-state index in [0.29, 0.717) is 0 Å². The standard InChI is InChI=1S/C13H17NS/c1-2-3-8-14-10-12-9-11-6-4-5-7-13(11)15-12/h4-7,9,14H,2-3,8,10H2,1H3. The minimum Gasteiger partial charge on any atom is -0.312 e. The molecule has 0 aliphatic carbocycles. The molecule has 2 aromatic rings. The third-order valence-corrected chi connectivity index (χ3v) is 3.60. The molecule has 0 saturated carbocycles. The van der Waals surface area contributed by atoms with Crippen LogP contribution in [-0.4, -0.2) is 6.54 Å². The summed E-state index contributed by atoms with van der Waals surface area (Å²) in [7, 11) is 0. The first-order chi connectivity index (χ1) is 7.40. The number of benzene rings is 1. The van der Waals surface area contributed by atoms with E-state index in [0.717, 1.165) is 13.1 Å². The number of unbranched alkanes of at least 4 members (excludes halogenated alkanes) is 1. The highest BCUT2D eigenvalue weighted by atomic mass is 32.1. The molecule has 0 aliphatic rings. The number of hydrogen-bond acceptors (Lipinski definition) is 2. The van der Waals surface area contributed by atoms with Crippen LogP contribution < -0.4 is 5.32 Å². The van der Waals surface area contributed by atoms with Gasteiger partial charge in [-0.3, -0.25) is 0 Å². The maximum Gasteiger partial charge on any atom is 0.0346 e. The molecule has 0 radical (unpaired) electrons. The molecule has 1 nitrogen and oxygen atoms in total. The lowest BCUT2D eigenvalue weighted by Crippen LogP contribution is -2.13. The number of nitrogens with one attached hydrogen (secondary N) is 1. The Hall–Kier alpha value is -0.860. The topological polar surface area (TPSA) is 12.0 Å². The first kappa shape index (κ1) is 10.7. The first-order valence-corrected chi connectivity index (χ1v) is 6.40. The highest BCUT2D eigenvalue weighted by Crippen LogP contribution is 2.24. The number of fused-ring (bicyclic) bond motifs is 1. The molecule has 2 rings (SSSR count). The Balaban J connectivity index is 1.97. The summed E-state index contributed by atoms with van der Waals surface area (Å²) in [6, 6.07) is 10.9. The van der Waals surface area contributed by atoms with Crippen molar-refractivity contribution in [3.63, 3.8) is 0 Å². The molecule has 0 bridgehead atoms. The summed E-state index contributed by atoms with van der Waals surface area (Å²) >= 11 is 1.89. The van der Waals surface area contributed by atoms with E-state index < -0.39 is 0 Å². The molecular formula is C13H17NS. The van der Waals surface area contributed by atoms with Crippen molar-refractivity contribution < 1.29 is 0 Å². The Morgan fingerprint density at radius 3 is 2.93 bits per heavy atom. The lowest BCUT2D eigenvalue weighted by Gasteiger charge is -1.99. The fourth-order valence-corrected chi connectivity index (χ4v) is 2.67.